The van der Waals surface area contributed by atoms with E-state index < -0.39 is 54.5 Å². The molecule has 14 heteroatoms. The molecule has 3 amide bonds. The van der Waals surface area contributed by atoms with Gasteiger partial charge in [0.2, 0.25) is 17.7 Å². The van der Waals surface area contributed by atoms with Gasteiger partial charge in [0.1, 0.15) is 18.1 Å². The molecule has 0 aliphatic rings. The number of aliphatic hydroxyl groups is 1. The second-order valence-corrected chi connectivity index (χ2v) is 8.73. The molecule has 38 heavy (non-hydrogen) atoms. The van der Waals surface area contributed by atoms with Gasteiger partial charge in [0, 0.05) is 6.54 Å². The van der Waals surface area contributed by atoms with E-state index in [1.54, 1.807) is 0 Å². The molecule has 0 aromatic heterocycles. The number of amides is 3. The summed E-state index contributed by atoms with van der Waals surface area (Å²) in [6.07, 6.45) is 1.97. The Morgan fingerprint density at radius 1 is 0.842 bits per heavy atom. The zero-order valence-corrected chi connectivity index (χ0v) is 21.3. The molecule has 0 radical (unpaired) electrons. The standard InChI is InChI=1S/C24H40N8O6/c25-11-5-4-9-17(30-20(34)16(26)13-15-7-2-1-3-8-15)21(35)31-18(10-6-12-29-24(27)28)22(36)32-19(14-33)23(37)38/h1-3,7-8,16-19,33H,4-6,9-14,25-26H2,(H,30,34)(H,31,35)(H,32,36)(H,37,38)(H4,27,28,29). The molecule has 212 valence electrons. The van der Waals surface area contributed by atoms with Gasteiger partial charge >= 0.3 is 5.97 Å². The molecule has 1 rings (SSSR count). The lowest BCUT2D eigenvalue weighted by molar-refractivity contribution is -0.143. The Morgan fingerprint density at radius 3 is 1.92 bits per heavy atom. The largest absolute Gasteiger partial charge is 0.480 e. The van der Waals surface area contributed by atoms with Crippen LogP contribution in [-0.2, 0) is 25.6 Å². The fraction of sp³-hybridized carbons (Fsp3) is 0.542. The van der Waals surface area contributed by atoms with Crippen LogP contribution < -0.4 is 38.9 Å². The first-order valence-electron chi connectivity index (χ1n) is 12.4. The Bertz CT molecular complexity index is 926. The second kappa shape index (κ2) is 17.7. The van der Waals surface area contributed by atoms with Gasteiger partial charge in [-0.15, -0.1) is 0 Å². The van der Waals surface area contributed by atoms with E-state index in [0.717, 1.165) is 5.56 Å². The number of rotatable bonds is 18. The van der Waals surface area contributed by atoms with Crippen LogP contribution >= 0.6 is 0 Å². The highest BCUT2D eigenvalue weighted by molar-refractivity contribution is 5.94. The number of nitrogens with one attached hydrogen (secondary N) is 3. The molecular weight excluding hydrogens is 496 g/mol. The molecule has 1 aromatic carbocycles. The van der Waals surface area contributed by atoms with Crippen LogP contribution in [0.3, 0.4) is 0 Å². The van der Waals surface area contributed by atoms with Crippen molar-refractivity contribution in [1.82, 2.24) is 16.0 Å². The first-order valence-corrected chi connectivity index (χ1v) is 12.4. The zero-order chi connectivity index (χ0) is 28.5. The average Bonchev–Trinajstić information content (AvgIpc) is 2.88. The maximum Gasteiger partial charge on any atom is 0.328 e. The smallest absolute Gasteiger partial charge is 0.328 e. The Morgan fingerprint density at radius 2 is 1.39 bits per heavy atom. The predicted octanol–water partition coefficient (Wildman–Crippen LogP) is -2.73. The summed E-state index contributed by atoms with van der Waals surface area (Å²) in [4.78, 5) is 53.8. The van der Waals surface area contributed by atoms with Crippen LogP contribution in [0.5, 0.6) is 0 Å². The number of carboxylic acids is 1. The fourth-order valence-electron chi connectivity index (χ4n) is 3.50. The Balaban J connectivity index is 2.98. The molecule has 0 heterocycles. The van der Waals surface area contributed by atoms with E-state index in [2.05, 4.69) is 20.9 Å². The summed E-state index contributed by atoms with van der Waals surface area (Å²) in [7, 11) is 0. The topological polar surface area (TPSA) is 261 Å². The summed E-state index contributed by atoms with van der Waals surface area (Å²) < 4.78 is 0. The van der Waals surface area contributed by atoms with E-state index in [-0.39, 0.29) is 38.2 Å². The number of hydrogen-bond donors (Lipinski definition) is 9. The molecule has 1 aromatic rings. The maximum atomic E-state index is 13.2. The lowest BCUT2D eigenvalue weighted by atomic mass is 10.0. The first-order chi connectivity index (χ1) is 18.1. The Labute approximate surface area is 221 Å². The number of aliphatic imine (C=N–C) groups is 1. The summed E-state index contributed by atoms with van der Waals surface area (Å²) in [6, 6.07) is 4.49. The van der Waals surface area contributed by atoms with Gasteiger partial charge < -0.3 is 49.1 Å². The van der Waals surface area contributed by atoms with E-state index >= 15 is 0 Å². The third-order valence-electron chi connectivity index (χ3n) is 5.59. The minimum Gasteiger partial charge on any atom is -0.480 e. The highest BCUT2D eigenvalue weighted by atomic mass is 16.4. The number of nitrogens with zero attached hydrogens (tertiary/aromatic N) is 1. The number of benzene rings is 1. The van der Waals surface area contributed by atoms with Crippen molar-refractivity contribution in [2.45, 2.75) is 62.7 Å². The van der Waals surface area contributed by atoms with E-state index in [0.29, 0.717) is 19.4 Å². The van der Waals surface area contributed by atoms with Gasteiger partial charge in [-0.25, -0.2) is 4.79 Å². The molecule has 0 spiro atoms. The molecule has 0 bridgehead atoms. The molecule has 4 atom stereocenters. The predicted molar refractivity (Wildman–Crippen MR) is 141 cm³/mol. The van der Waals surface area contributed by atoms with E-state index in [1.165, 1.54) is 0 Å². The molecule has 4 unspecified atom stereocenters. The first kappa shape index (κ1) is 32.3. The number of hydrogen-bond acceptors (Lipinski definition) is 8. The van der Waals surface area contributed by atoms with Crippen molar-refractivity contribution in [3.63, 3.8) is 0 Å². The van der Waals surface area contributed by atoms with Crippen molar-refractivity contribution >= 4 is 29.7 Å². The van der Waals surface area contributed by atoms with Crippen LogP contribution in [-0.4, -0.2) is 83.7 Å². The number of guanidine groups is 1. The van der Waals surface area contributed by atoms with Crippen molar-refractivity contribution in [2.24, 2.45) is 27.9 Å². The minimum absolute atomic E-state index is 0.0586. The van der Waals surface area contributed by atoms with Crippen LogP contribution in [0.25, 0.3) is 0 Å². The molecule has 0 saturated heterocycles. The third kappa shape index (κ3) is 12.5. The van der Waals surface area contributed by atoms with Crippen LogP contribution in [0.2, 0.25) is 0 Å². The van der Waals surface area contributed by atoms with Gasteiger partial charge in [-0.3, -0.25) is 19.4 Å². The van der Waals surface area contributed by atoms with Gasteiger partial charge in [0.05, 0.1) is 12.6 Å². The molecule has 0 fully saturated rings. The van der Waals surface area contributed by atoms with Crippen molar-refractivity contribution < 1.29 is 29.4 Å². The van der Waals surface area contributed by atoms with Gasteiger partial charge in [-0.1, -0.05) is 30.3 Å². The lowest BCUT2D eigenvalue weighted by Gasteiger charge is -2.25. The van der Waals surface area contributed by atoms with Gasteiger partial charge in [-0.05, 0) is 50.6 Å². The van der Waals surface area contributed by atoms with Crippen LogP contribution in [0.15, 0.2) is 35.3 Å². The third-order valence-corrected chi connectivity index (χ3v) is 5.59. The molecule has 13 N–H and O–H groups in total. The maximum absolute atomic E-state index is 13.2. The molecule has 0 aliphatic carbocycles. The highest BCUT2D eigenvalue weighted by Gasteiger charge is 2.30. The molecular formula is C24H40N8O6. The number of aliphatic hydroxyl groups excluding tert-OH is 1. The number of carbonyl (C=O) groups excluding carboxylic acids is 3. The van der Waals surface area contributed by atoms with Crippen molar-refractivity contribution in [3.05, 3.63) is 35.9 Å². The summed E-state index contributed by atoms with van der Waals surface area (Å²) in [5.74, 6) is -3.60. The zero-order valence-electron chi connectivity index (χ0n) is 21.3. The van der Waals surface area contributed by atoms with E-state index in [9.17, 15) is 24.3 Å². The van der Waals surface area contributed by atoms with Crippen LogP contribution in [0, 0.1) is 0 Å². The number of unbranched alkanes of at least 4 members (excludes halogenated alkanes) is 1. The fourth-order valence-corrected chi connectivity index (χ4v) is 3.50. The monoisotopic (exact) mass is 536 g/mol. The van der Waals surface area contributed by atoms with Gasteiger partial charge in [0.15, 0.2) is 5.96 Å². The van der Waals surface area contributed by atoms with Crippen molar-refractivity contribution in [3.8, 4) is 0 Å². The van der Waals surface area contributed by atoms with Crippen molar-refractivity contribution in [1.29, 1.82) is 0 Å². The molecule has 0 aliphatic heterocycles. The van der Waals surface area contributed by atoms with Gasteiger partial charge in [-0.2, -0.15) is 0 Å². The molecule has 0 saturated carbocycles. The lowest BCUT2D eigenvalue weighted by Crippen LogP contribution is -2.57. The molecule has 14 nitrogen and oxygen atoms in total. The quantitative estimate of drug-likeness (QED) is 0.0531. The number of carboxylic acid groups (broad SMARTS) is 1. The Hall–Kier alpha value is -3.75. The SMILES string of the molecule is NCCCCC(NC(=O)C(N)Cc1ccccc1)C(=O)NC(CCCN=C(N)N)C(=O)NC(CO)C(=O)O. The number of nitrogens with two attached hydrogens (primary N) is 4. The number of carbonyl (C=O) groups is 4. The van der Waals surface area contributed by atoms with Gasteiger partial charge in [0.25, 0.3) is 0 Å². The average molecular weight is 537 g/mol. The van der Waals surface area contributed by atoms with Crippen LogP contribution in [0.4, 0.5) is 0 Å². The number of aliphatic carboxylic acids is 1. The van der Waals surface area contributed by atoms with Crippen LogP contribution in [0.1, 0.15) is 37.7 Å². The summed E-state index contributed by atoms with van der Waals surface area (Å²) in [5.41, 5.74) is 23.1. The summed E-state index contributed by atoms with van der Waals surface area (Å²) in [6.45, 7) is -0.286. The van der Waals surface area contributed by atoms with E-state index in [1.807, 2.05) is 30.3 Å². The summed E-state index contributed by atoms with van der Waals surface area (Å²) >= 11 is 0. The second-order valence-electron chi connectivity index (χ2n) is 8.73. The highest BCUT2D eigenvalue weighted by Crippen LogP contribution is 2.07. The van der Waals surface area contributed by atoms with Crippen molar-refractivity contribution in [2.75, 3.05) is 19.7 Å². The summed E-state index contributed by atoms with van der Waals surface area (Å²) in [5, 5.41) is 25.8. The van der Waals surface area contributed by atoms with E-state index in [4.69, 9.17) is 28.0 Å². The Kier molecular flexibility index (Phi) is 15.0. The normalized spacial score (nSPS) is 13.9. The minimum atomic E-state index is -1.56.